The van der Waals surface area contributed by atoms with Crippen LogP contribution in [0.4, 0.5) is 4.79 Å². The molecule has 13 heavy (non-hydrogen) atoms. The summed E-state index contributed by atoms with van der Waals surface area (Å²) in [5, 5.41) is 14.8. The van der Waals surface area contributed by atoms with E-state index in [4.69, 9.17) is 5.11 Å². The second-order valence-electron chi connectivity index (χ2n) is 4.54. The predicted octanol–water partition coefficient (Wildman–Crippen LogP) is 0.927. The molecule has 2 atom stereocenters. The van der Waals surface area contributed by atoms with Crippen molar-refractivity contribution in [3.05, 3.63) is 0 Å². The largest absolute Gasteiger partial charge is 0.465 e. The number of hydrogen-bond acceptors (Lipinski definition) is 2. The highest BCUT2D eigenvalue weighted by Gasteiger charge is 2.41. The number of carboxylic acid groups (broad SMARTS) is 1. The number of fused-ring (bicyclic) bond motifs is 2. The van der Waals surface area contributed by atoms with Gasteiger partial charge in [0.25, 0.3) is 0 Å². The van der Waals surface area contributed by atoms with Crippen LogP contribution in [0, 0.1) is 0 Å². The van der Waals surface area contributed by atoms with Crippen LogP contribution in [-0.2, 0) is 0 Å². The fourth-order valence-electron chi connectivity index (χ4n) is 2.76. The van der Waals surface area contributed by atoms with Crippen molar-refractivity contribution < 1.29 is 9.90 Å². The summed E-state index contributed by atoms with van der Waals surface area (Å²) in [7, 11) is 0. The molecule has 0 aromatic rings. The van der Waals surface area contributed by atoms with E-state index in [0.717, 1.165) is 12.8 Å². The first-order valence-corrected chi connectivity index (χ1v) is 4.85. The summed E-state index contributed by atoms with van der Waals surface area (Å²) in [6, 6.07) is 1.05. The molecular weight excluding hydrogens is 168 g/mol. The van der Waals surface area contributed by atoms with Gasteiger partial charge in [-0.2, -0.15) is 0 Å². The minimum atomic E-state index is -0.899. The molecule has 2 fully saturated rings. The number of rotatable bonds is 1. The zero-order valence-electron chi connectivity index (χ0n) is 7.84. The van der Waals surface area contributed by atoms with Gasteiger partial charge in [-0.05, 0) is 32.6 Å². The van der Waals surface area contributed by atoms with Crippen molar-refractivity contribution in [2.45, 2.75) is 50.2 Å². The molecule has 1 amide bonds. The third-order valence-electron chi connectivity index (χ3n) is 3.14. The van der Waals surface area contributed by atoms with Crippen LogP contribution in [0.3, 0.4) is 0 Å². The lowest BCUT2D eigenvalue weighted by molar-refractivity contribution is 0.161. The van der Waals surface area contributed by atoms with Crippen molar-refractivity contribution in [2.24, 2.45) is 0 Å². The van der Waals surface area contributed by atoms with Gasteiger partial charge in [0.05, 0.1) is 0 Å². The summed E-state index contributed by atoms with van der Waals surface area (Å²) < 4.78 is 0. The third kappa shape index (κ3) is 1.77. The second kappa shape index (κ2) is 2.87. The van der Waals surface area contributed by atoms with Gasteiger partial charge in [-0.15, -0.1) is 0 Å². The Bertz CT molecular complexity index is 218. The molecule has 2 bridgehead atoms. The Labute approximate surface area is 77.7 Å². The molecule has 0 aliphatic carbocycles. The average Bonchev–Trinajstić information content (AvgIpc) is 2.27. The van der Waals surface area contributed by atoms with Crippen molar-refractivity contribution in [3.63, 3.8) is 0 Å². The summed E-state index contributed by atoms with van der Waals surface area (Å²) in [5.41, 5.74) is -0.205. The monoisotopic (exact) mass is 184 g/mol. The third-order valence-corrected chi connectivity index (χ3v) is 3.14. The first kappa shape index (κ1) is 8.81. The number of amides is 1. The van der Waals surface area contributed by atoms with E-state index < -0.39 is 6.09 Å². The maximum Gasteiger partial charge on any atom is 0.405 e. The van der Waals surface area contributed by atoms with Crippen LogP contribution in [0.5, 0.6) is 0 Å². The molecule has 0 radical (unpaired) electrons. The van der Waals surface area contributed by atoms with Gasteiger partial charge < -0.3 is 15.7 Å². The minimum absolute atomic E-state index is 0.205. The first-order chi connectivity index (χ1) is 6.07. The molecule has 0 spiro atoms. The van der Waals surface area contributed by atoms with Gasteiger partial charge in [-0.25, -0.2) is 4.79 Å². The Kier molecular flexibility index (Phi) is 1.95. The summed E-state index contributed by atoms with van der Waals surface area (Å²) in [6.07, 6.45) is 3.35. The van der Waals surface area contributed by atoms with E-state index in [1.165, 1.54) is 12.8 Å². The Morgan fingerprint density at radius 1 is 1.46 bits per heavy atom. The molecule has 3 N–H and O–H groups in total. The van der Waals surface area contributed by atoms with Crippen molar-refractivity contribution in [3.8, 4) is 0 Å². The smallest absolute Gasteiger partial charge is 0.405 e. The predicted molar refractivity (Wildman–Crippen MR) is 48.7 cm³/mol. The van der Waals surface area contributed by atoms with Gasteiger partial charge >= 0.3 is 6.09 Å². The van der Waals surface area contributed by atoms with Gasteiger partial charge in [0.2, 0.25) is 0 Å². The van der Waals surface area contributed by atoms with Gasteiger partial charge in [0, 0.05) is 17.6 Å². The number of carbonyl (C=O) groups is 1. The number of nitrogens with one attached hydrogen (secondary N) is 2. The highest BCUT2D eigenvalue weighted by Crippen LogP contribution is 2.33. The summed E-state index contributed by atoms with van der Waals surface area (Å²) >= 11 is 0. The van der Waals surface area contributed by atoms with E-state index in [0.29, 0.717) is 12.1 Å². The highest BCUT2D eigenvalue weighted by molar-refractivity contribution is 5.65. The molecule has 4 nitrogen and oxygen atoms in total. The number of piperidine rings is 1. The van der Waals surface area contributed by atoms with Gasteiger partial charge in [0.1, 0.15) is 0 Å². The molecule has 2 saturated heterocycles. The van der Waals surface area contributed by atoms with Crippen molar-refractivity contribution >= 4 is 6.09 Å². The Balaban J connectivity index is 2.03. The molecule has 2 unspecified atom stereocenters. The fraction of sp³-hybridized carbons (Fsp3) is 0.889. The number of hydrogen-bond donors (Lipinski definition) is 3. The Hall–Kier alpha value is -0.770. The standard InChI is InChI=1S/C9H16N2O2/c1-9(11-8(12)13)4-6-2-3-7(5-9)10-6/h6-7,10-11H,2-5H2,1H3,(H,12,13). The van der Waals surface area contributed by atoms with Crippen LogP contribution < -0.4 is 10.6 Å². The molecule has 4 heteroatoms. The topological polar surface area (TPSA) is 61.4 Å². The molecule has 0 aromatic heterocycles. The van der Waals surface area contributed by atoms with Crippen LogP contribution in [0.25, 0.3) is 0 Å². The quantitative estimate of drug-likeness (QED) is 0.568. The molecule has 2 aliphatic rings. The molecule has 0 aromatic carbocycles. The van der Waals surface area contributed by atoms with E-state index in [2.05, 4.69) is 10.6 Å². The Morgan fingerprint density at radius 3 is 2.46 bits per heavy atom. The maximum atomic E-state index is 10.6. The van der Waals surface area contributed by atoms with Gasteiger partial charge in [-0.3, -0.25) is 0 Å². The molecule has 0 saturated carbocycles. The molecule has 2 aliphatic heterocycles. The van der Waals surface area contributed by atoms with E-state index in [1.807, 2.05) is 6.92 Å². The van der Waals surface area contributed by atoms with E-state index in [-0.39, 0.29) is 5.54 Å². The van der Waals surface area contributed by atoms with Crippen LogP contribution in [-0.4, -0.2) is 28.8 Å². The van der Waals surface area contributed by atoms with Crippen molar-refractivity contribution in [2.75, 3.05) is 0 Å². The van der Waals surface area contributed by atoms with E-state index in [9.17, 15) is 4.79 Å². The lowest BCUT2D eigenvalue weighted by Gasteiger charge is -2.38. The van der Waals surface area contributed by atoms with Crippen molar-refractivity contribution in [1.29, 1.82) is 0 Å². The van der Waals surface area contributed by atoms with E-state index in [1.54, 1.807) is 0 Å². The minimum Gasteiger partial charge on any atom is -0.465 e. The molecular formula is C9H16N2O2. The average molecular weight is 184 g/mol. The Morgan fingerprint density at radius 2 is 2.00 bits per heavy atom. The summed E-state index contributed by atoms with van der Waals surface area (Å²) in [5.74, 6) is 0. The van der Waals surface area contributed by atoms with Crippen molar-refractivity contribution in [1.82, 2.24) is 10.6 Å². The molecule has 2 rings (SSSR count). The summed E-state index contributed by atoms with van der Waals surface area (Å²) in [6.45, 7) is 2.01. The molecule has 74 valence electrons. The zero-order chi connectivity index (χ0) is 9.47. The lowest BCUT2D eigenvalue weighted by Crippen LogP contribution is -2.55. The van der Waals surface area contributed by atoms with Crippen LogP contribution in [0.15, 0.2) is 0 Å². The molecule has 2 heterocycles. The fourth-order valence-corrected chi connectivity index (χ4v) is 2.76. The normalized spacial score (nSPS) is 43.2. The van der Waals surface area contributed by atoms with E-state index >= 15 is 0 Å². The van der Waals surface area contributed by atoms with Gasteiger partial charge in [-0.1, -0.05) is 0 Å². The zero-order valence-corrected chi connectivity index (χ0v) is 7.84. The SMILES string of the molecule is CC1(NC(=O)O)CC2CCC(C1)N2. The van der Waals surface area contributed by atoms with Gasteiger partial charge in [0.15, 0.2) is 0 Å². The first-order valence-electron chi connectivity index (χ1n) is 4.85. The van der Waals surface area contributed by atoms with Crippen LogP contribution in [0.1, 0.15) is 32.6 Å². The maximum absolute atomic E-state index is 10.6. The lowest BCUT2D eigenvalue weighted by atomic mass is 9.86. The van der Waals surface area contributed by atoms with Crippen LogP contribution in [0.2, 0.25) is 0 Å². The second-order valence-corrected chi connectivity index (χ2v) is 4.54. The highest BCUT2D eigenvalue weighted by atomic mass is 16.4. The summed E-state index contributed by atoms with van der Waals surface area (Å²) in [4.78, 5) is 10.6. The van der Waals surface area contributed by atoms with Crippen LogP contribution >= 0.6 is 0 Å².